The van der Waals surface area contributed by atoms with E-state index in [0.29, 0.717) is 0 Å². The molecule has 0 aromatic rings. The van der Waals surface area contributed by atoms with Crippen molar-refractivity contribution in [3.8, 4) is 0 Å². The topological polar surface area (TPSA) is 48.6 Å². The number of hydrogen-bond acceptors (Lipinski definition) is 5. The number of nitrogens with zero attached hydrogens (tertiary/aromatic N) is 1. The van der Waals surface area contributed by atoms with Crippen molar-refractivity contribution in [2.45, 2.75) is 6.17 Å². The molecular weight excluding hydrogens is 248 g/mol. The number of rotatable bonds is 3. The molecule has 1 atom stereocenters. The van der Waals surface area contributed by atoms with Crippen LogP contribution in [-0.2, 0) is 4.84 Å². The fraction of sp³-hybridized carbons (Fsp3) is 0.250. The maximum absolute atomic E-state index is 4.70. The van der Waals surface area contributed by atoms with Gasteiger partial charge in [0.1, 0.15) is 12.0 Å². The summed E-state index contributed by atoms with van der Waals surface area (Å²) < 4.78 is 1.03. The summed E-state index contributed by atoms with van der Waals surface area (Å²) in [7, 11) is 1.55. The minimum Gasteiger partial charge on any atom is -0.365 e. The molecule has 0 aromatic carbocycles. The van der Waals surface area contributed by atoms with Crippen LogP contribution >= 0.6 is 15.9 Å². The van der Waals surface area contributed by atoms with E-state index in [1.807, 2.05) is 23.4 Å². The molecule has 2 aliphatic heterocycles. The van der Waals surface area contributed by atoms with Gasteiger partial charge in [-0.3, -0.25) is 10.3 Å². The molecule has 0 bridgehead atoms. The Morgan fingerprint density at radius 2 is 2.50 bits per heavy atom. The summed E-state index contributed by atoms with van der Waals surface area (Å²) in [6.07, 6.45) is 8.11. The fourth-order valence-electron chi connectivity index (χ4n) is 1.33. The lowest BCUT2D eigenvalue weighted by molar-refractivity contribution is 0.0579. The van der Waals surface area contributed by atoms with E-state index in [0.717, 1.165) is 10.3 Å². The summed E-state index contributed by atoms with van der Waals surface area (Å²) in [5.41, 5.74) is 5.47. The highest BCUT2D eigenvalue weighted by atomic mass is 79.9. The average Bonchev–Trinajstić information content (AvgIpc) is 2.57. The lowest BCUT2D eigenvalue weighted by Gasteiger charge is -2.26. The van der Waals surface area contributed by atoms with E-state index < -0.39 is 0 Å². The summed E-state index contributed by atoms with van der Waals surface area (Å²) in [6.45, 7) is 0. The van der Waals surface area contributed by atoms with Gasteiger partial charge in [-0.1, -0.05) is 0 Å². The van der Waals surface area contributed by atoms with Crippen LogP contribution in [0.5, 0.6) is 0 Å². The number of hydrazine groups is 1. The zero-order valence-electron chi connectivity index (χ0n) is 7.62. The standard InChI is InChI=1S/C8H11BrN4O/c1-14-12-11-8-4-10-7-3-2-6(9)5-13(7)8/h2-5,7,10-12H,1H3. The molecule has 1 unspecified atom stereocenters. The largest absolute Gasteiger partial charge is 0.365 e. The first kappa shape index (κ1) is 9.57. The van der Waals surface area contributed by atoms with Gasteiger partial charge in [0.15, 0.2) is 0 Å². The molecule has 0 saturated carbocycles. The maximum Gasteiger partial charge on any atom is 0.140 e. The lowest BCUT2D eigenvalue weighted by atomic mass is 10.3. The quantitative estimate of drug-likeness (QED) is 0.643. The van der Waals surface area contributed by atoms with Gasteiger partial charge < -0.3 is 10.2 Å². The number of hydrogen-bond donors (Lipinski definition) is 3. The third kappa shape index (κ3) is 1.77. The predicted octanol–water partition coefficient (Wildman–Crippen LogP) is 0.478. The van der Waals surface area contributed by atoms with E-state index >= 15 is 0 Å². The van der Waals surface area contributed by atoms with E-state index in [1.165, 1.54) is 0 Å². The van der Waals surface area contributed by atoms with Gasteiger partial charge in [0.05, 0.1) is 7.11 Å². The van der Waals surface area contributed by atoms with Crippen molar-refractivity contribution in [2.75, 3.05) is 7.11 Å². The van der Waals surface area contributed by atoms with Crippen LogP contribution < -0.4 is 16.3 Å². The molecule has 76 valence electrons. The average molecular weight is 259 g/mol. The van der Waals surface area contributed by atoms with Gasteiger partial charge in [0.25, 0.3) is 0 Å². The third-order valence-corrected chi connectivity index (χ3v) is 2.42. The van der Waals surface area contributed by atoms with Crippen LogP contribution in [0.25, 0.3) is 0 Å². The van der Waals surface area contributed by atoms with Crippen LogP contribution in [0.3, 0.4) is 0 Å². The molecule has 3 N–H and O–H groups in total. The van der Waals surface area contributed by atoms with Crippen molar-refractivity contribution in [3.05, 3.63) is 34.9 Å². The van der Waals surface area contributed by atoms with Crippen molar-refractivity contribution in [1.29, 1.82) is 0 Å². The number of allylic oxidation sites excluding steroid dienone is 2. The van der Waals surface area contributed by atoms with Crippen LogP contribution in [0.2, 0.25) is 0 Å². The van der Waals surface area contributed by atoms with E-state index in [4.69, 9.17) is 4.84 Å². The Balaban J connectivity index is 2.04. The number of fused-ring (bicyclic) bond motifs is 1. The molecule has 2 rings (SSSR count). The second-order valence-corrected chi connectivity index (χ2v) is 3.77. The van der Waals surface area contributed by atoms with Crippen LogP contribution in [0, 0.1) is 0 Å². The second kappa shape index (κ2) is 4.04. The molecule has 0 aliphatic carbocycles. The Labute approximate surface area is 90.5 Å². The molecule has 5 nitrogen and oxygen atoms in total. The zero-order valence-corrected chi connectivity index (χ0v) is 9.21. The van der Waals surface area contributed by atoms with E-state index in [2.05, 4.69) is 38.3 Å². The smallest absolute Gasteiger partial charge is 0.140 e. The molecule has 0 saturated heterocycles. The molecule has 0 amide bonds. The van der Waals surface area contributed by atoms with Gasteiger partial charge in [-0.05, 0) is 28.1 Å². The van der Waals surface area contributed by atoms with Crippen molar-refractivity contribution < 1.29 is 4.84 Å². The molecule has 0 fully saturated rings. The first-order chi connectivity index (χ1) is 6.81. The Bertz CT molecular complexity index is 312. The molecule has 14 heavy (non-hydrogen) atoms. The first-order valence-corrected chi connectivity index (χ1v) is 4.94. The fourth-order valence-corrected chi connectivity index (χ4v) is 1.70. The van der Waals surface area contributed by atoms with E-state index in [9.17, 15) is 0 Å². The van der Waals surface area contributed by atoms with Gasteiger partial charge in [-0.15, -0.1) is 5.59 Å². The molecule has 0 aromatic heterocycles. The summed E-state index contributed by atoms with van der Waals surface area (Å²) >= 11 is 3.42. The highest BCUT2D eigenvalue weighted by molar-refractivity contribution is 9.11. The minimum absolute atomic E-state index is 0.178. The van der Waals surface area contributed by atoms with E-state index in [-0.39, 0.29) is 6.17 Å². The summed E-state index contributed by atoms with van der Waals surface area (Å²) in [4.78, 5) is 6.74. The van der Waals surface area contributed by atoms with Crippen LogP contribution in [0.1, 0.15) is 0 Å². The SMILES string of the molecule is CONNC1=CNC2C=CC(Br)=CN12. The Morgan fingerprint density at radius 3 is 3.29 bits per heavy atom. The highest BCUT2D eigenvalue weighted by Gasteiger charge is 2.24. The molecule has 0 spiro atoms. The molecule has 2 aliphatic rings. The summed E-state index contributed by atoms with van der Waals surface area (Å²) in [5, 5.41) is 3.19. The van der Waals surface area contributed by atoms with Gasteiger partial charge in [-0.2, -0.15) is 0 Å². The highest BCUT2D eigenvalue weighted by Crippen LogP contribution is 2.22. The second-order valence-electron chi connectivity index (χ2n) is 2.85. The van der Waals surface area contributed by atoms with Gasteiger partial charge in [0.2, 0.25) is 0 Å². The van der Waals surface area contributed by atoms with Crippen LogP contribution in [-0.4, -0.2) is 18.2 Å². The zero-order chi connectivity index (χ0) is 9.97. The van der Waals surface area contributed by atoms with Crippen molar-refractivity contribution in [2.24, 2.45) is 0 Å². The van der Waals surface area contributed by atoms with Crippen molar-refractivity contribution in [1.82, 2.24) is 21.2 Å². The monoisotopic (exact) mass is 258 g/mol. The predicted molar refractivity (Wildman–Crippen MR) is 56.3 cm³/mol. The number of nitrogens with one attached hydrogen (secondary N) is 3. The van der Waals surface area contributed by atoms with Gasteiger partial charge >= 0.3 is 0 Å². The molecular formula is C8H11BrN4O. The van der Waals surface area contributed by atoms with Gasteiger partial charge in [0, 0.05) is 16.9 Å². The normalized spacial score (nSPS) is 23.9. The van der Waals surface area contributed by atoms with Crippen LogP contribution in [0.4, 0.5) is 0 Å². The Kier molecular flexibility index (Phi) is 2.76. The molecule has 6 heteroatoms. The Hall–Kier alpha value is -0.980. The summed E-state index contributed by atoms with van der Waals surface area (Å²) in [6, 6.07) is 0. The number of halogens is 1. The van der Waals surface area contributed by atoms with Crippen molar-refractivity contribution >= 4 is 15.9 Å². The van der Waals surface area contributed by atoms with Crippen molar-refractivity contribution in [3.63, 3.8) is 0 Å². The third-order valence-electron chi connectivity index (χ3n) is 1.95. The lowest BCUT2D eigenvalue weighted by Crippen LogP contribution is -2.40. The van der Waals surface area contributed by atoms with E-state index in [1.54, 1.807) is 7.11 Å². The summed E-state index contributed by atoms with van der Waals surface area (Å²) in [5.74, 6) is 0.901. The Morgan fingerprint density at radius 1 is 1.64 bits per heavy atom. The first-order valence-electron chi connectivity index (χ1n) is 4.15. The minimum atomic E-state index is 0.178. The molecule has 2 heterocycles. The maximum atomic E-state index is 4.70. The van der Waals surface area contributed by atoms with Gasteiger partial charge in [-0.25, -0.2) is 0 Å². The molecule has 0 radical (unpaired) electrons. The van der Waals surface area contributed by atoms with Crippen LogP contribution in [0.15, 0.2) is 34.9 Å².